The van der Waals surface area contributed by atoms with E-state index in [-0.39, 0.29) is 17.6 Å². The van der Waals surface area contributed by atoms with Gasteiger partial charge in [-0.3, -0.25) is 9.59 Å². The number of hydrogen-bond acceptors (Lipinski definition) is 4. The predicted molar refractivity (Wildman–Crippen MR) is 154 cm³/mol. The van der Waals surface area contributed by atoms with E-state index in [2.05, 4.69) is 10.6 Å². The van der Waals surface area contributed by atoms with Gasteiger partial charge in [0, 0.05) is 23.6 Å². The van der Waals surface area contributed by atoms with Crippen LogP contribution in [0.5, 0.6) is 5.75 Å². The third kappa shape index (κ3) is 5.18. The Morgan fingerprint density at radius 3 is 2.17 bits per heavy atom. The molecule has 0 unspecified atom stereocenters. The molecule has 0 aliphatic carbocycles. The number of halogens is 1. The lowest BCUT2D eigenvalue weighted by Gasteiger charge is -2.27. The van der Waals surface area contributed by atoms with Crippen LogP contribution in [-0.2, 0) is 5.54 Å². The summed E-state index contributed by atoms with van der Waals surface area (Å²) in [6, 6.07) is 26.3. The molecule has 0 saturated carbocycles. The molecule has 7 heteroatoms. The number of carbonyl (C=O) groups is 2. The van der Waals surface area contributed by atoms with Gasteiger partial charge in [-0.15, -0.1) is 0 Å². The fraction of sp³-hybridized carbons (Fsp3) is 0.152. The van der Waals surface area contributed by atoms with Crippen LogP contribution in [0.15, 0.2) is 95.4 Å². The molecule has 2 N–H and O–H groups in total. The number of carbonyl (C=O) groups excluding carboxylic acids is 2. The van der Waals surface area contributed by atoms with Crippen molar-refractivity contribution in [3.63, 3.8) is 0 Å². The van der Waals surface area contributed by atoms with Crippen molar-refractivity contribution >= 4 is 22.8 Å². The number of nitrogens with one attached hydrogen (secondary N) is 2. The van der Waals surface area contributed by atoms with Crippen LogP contribution in [0, 0.1) is 5.82 Å². The molecular formula is C33H29FN2O4. The van der Waals surface area contributed by atoms with Crippen molar-refractivity contribution in [3.8, 4) is 28.2 Å². The molecule has 40 heavy (non-hydrogen) atoms. The van der Waals surface area contributed by atoms with Crippen molar-refractivity contribution in [1.29, 1.82) is 0 Å². The first-order valence-electron chi connectivity index (χ1n) is 12.8. The number of methoxy groups -OCH3 is 1. The Bertz CT molecular complexity index is 1700. The van der Waals surface area contributed by atoms with Crippen molar-refractivity contribution in [3.05, 3.63) is 114 Å². The molecule has 6 nitrogen and oxygen atoms in total. The molecular weight excluding hydrogens is 507 g/mol. The Hall–Kier alpha value is -4.91. The number of fused-ring (bicyclic) bond motifs is 1. The third-order valence-electron chi connectivity index (χ3n) is 6.94. The van der Waals surface area contributed by atoms with E-state index >= 15 is 0 Å². The highest BCUT2D eigenvalue weighted by Crippen LogP contribution is 2.36. The Morgan fingerprint density at radius 1 is 0.825 bits per heavy atom. The summed E-state index contributed by atoms with van der Waals surface area (Å²) in [7, 11) is 3.16. The van der Waals surface area contributed by atoms with Crippen molar-refractivity contribution in [2.45, 2.75) is 19.4 Å². The van der Waals surface area contributed by atoms with Gasteiger partial charge in [-0.1, -0.05) is 30.3 Å². The topological polar surface area (TPSA) is 80.6 Å². The van der Waals surface area contributed by atoms with Crippen LogP contribution in [0.3, 0.4) is 0 Å². The standard InChI is InChI=1S/C33H29FN2O4/c1-33(2,24-11-15-26(39-4)16-12-24)36-31(37)23-7-5-6-21(18-23)22-10-17-28-27(19-22)29(32(38)35-3)30(40-28)20-8-13-25(34)14-9-20/h5-19H,1-4H3,(H,35,38)(H,36,37). The minimum absolute atomic E-state index is 0.211. The van der Waals surface area contributed by atoms with E-state index in [4.69, 9.17) is 9.15 Å². The van der Waals surface area contributed by atoms with Gasteiger partial charge in [-0.25, -0.2) is 4.39 Å². The van der Waals surface area contributed by atoms with Crippen LogP contribution in [0.2, 0.25) is 0 Å². The number of amides is 2. The van der Waals surface area contributed by atoms with Gasteiger partial charge < -0.3 is 19.8 Å². The van der Waals surface area contributed by atoms with Gasteiger partial charge in [-0.05, 0) is 91.2 Å². The molecule has 0 aliphatic rings. The van der Waals surface area contributed by atoms with E-state index in [1.165, 1.54) is 12.1 Å². The van der Waals surface area contributed by atoms with Crippen LogP contribution in [0.4, 0.5) is 4.39 Å². The number of hydrogen-bond donors (Lipinski definition) is 2. The molecule has 4 aromatic carbocycles. The van der Waals surface area contributed by atoms with Gasteiger partial charge in [0.2, 0.25) is 0 Å². The summed E-state index contributed by atoms with van der Waals surface area (Å²) in [4.78, 5) is 26.2. The van der Waals surface area contributed by atoms with Crippen LogP contribution in [-0.4, -0.2) is 26.0 Å². The first-order valence-corrected chi connectivity index (χ1v) is 12.8. The third-order valence-corrected chi connectivity index (χ3v) is 6.94. The summed E-state index contributed by atoms with van der Waals surface area (Å²) in [6.07, 6.45) is 0. The first-order chi connectivity index (χ1) is 19.2. The van der Waals surface area contributed by atoms with Crippen LogP contribution in [0.25, 0.3) is 33.4 Å². The van der Waals surface area contributed by atoms with Crippen LogP contribution < -0.4 is 15.4 Å². The lowest BCUT2D eigenvalue weighted by Crippen LogP contribution is -2.40. The SMILES string of the molecule is CNC(=O)c1c(-c2ccc(F)cc2)oc2ccc(-c3cccc(C(=O)NC(C)(C)c4ccc(OC)cc4)c3)cc12. The predicted octanol–water partition coefficient (Wildman–Crippen LogP) is 6.94. The monoisotopic (exact) mass is 536 g/mol. The van der Waals surface area contributed by atoms with Gasteiger partial charge in [-0.2, -0.15) is 0 Å². The van der Waals surface area contributed by atoms with Crippen molar-refractivity contribution in [1.82, 2.24) is 10.6 Å². The zero-order chi connectivity index (χ0) is 28.4. The van der Waals surface area contributed by atoms with Gasteiger partial charge in [0.15, 0.2) is 0 Å². The van der Waals surface area contributed by atoms with Crippen molar-refractivity contribution in [2.75, 3.05) is 14.2 Å². The minimum Gasteiger partial charge on any atom is -0.497 e. The maximum Gasteiger partial charge on any atom is 0.255 e. The molecule has 0 radical (unpaired) electrons. The van der Waals surface area contributed by atoms with Crippen LogP contribution >= 0.6 is 0 Å². The fourth-order valence-electron chi connectivity index (χ4n) is 4.71. The molecule has 0 fully saturated rings. The largest absolute Gasteiger partial charge is 0.497 e. The van der Waals surface area contributed by atoms with E-state index in [1.807, 2.05) is 68.4 Å². The zero-order valence-corrected chi connectivity index (χ0v) is 22.7. The molecule has 0 saturated heterocycles. The highest BCUT2D eigenvalue weighted by Gasteiger charge is 2.25. The molecule has 0 atom stereocenters. The highest BCUT2D eigenvalue weighted by molar-refractivity contribution is 6.11. The highest BCUT2D eigenvalue weighted by atomic mass is 19.1. The fourth-order valence-corrected chi connectivity index (χ4v) is 4.71. The van der Waals surface area contributed by atoms with E-state index in [9.17, 15) is 14.0 Å². The summed E-state index contributed by atoms with van der Waals surface area (Å²) < 4.78 is 24.8. The lowest BCUT2D eigenvalue weighted by molar-refractivity contribution is 0.0910. The number of furan rings is 1. The Morgan fingerprint density at radius 2 is 1.50 bits per heavy atom. The second-order valence-electron chi connectivity index (χ2n) is 9.99. The molecule has 0 spiro atoms. The molecule has 0 bridgehead atoms. The van der Waals surface area contributed by atoms with Gasteiger partial charge >= 0.3 is 0 Å². The van der Waals surface area contributed by atoms with Gasteiger partial charge in [0.25, 0.3) is 11.8 Å². The molecule has 0 aliphatic heterocycles. The average molecular weight is 537 g/mol. The summed E-state index contributed by atoms with van der Waals surface area (Å²) in [6.45, 7) is 3.89. The van der Waals surface area contributed by atoms with Gasteiger partial charge in [0.05, 0.1) is 18.2 Å². The molecule has 5 aromatic rings. The van der Waals surface area contributed by atoms with E-state index < -0.39 is 5.54 Å². The van der Waals surface area contributed by atoms with Crippen molar-refractivity contribution in [2.24, 2.45) is 0 Å². The first kappa shape index (κ1) is 26.7. The number of rotatable bonds is 7. The normalized spacial score (nSPS) is 11.3. The Balaban J connectivity index is 1.48. The zero-order valence-electron chi connectivity index (χ0n) is 22.7. The van der Waals surface area contributed by atoms with Gasteiger partial charge in [0.1, 0.15) is 22.9 Å². The van der Waals surface area contributed by atoms with E-state index in [0.29, 0.717) is 33.4 Å². The second kappa shape index (κ2) is 10.7. The number of benzene rings is 4. The maximum absolute atomic E-state index is 13.5. The quantitative estimate of drug-likeness (QED) is 0.236. The number of ether oxygens (including phenoxy) is 1. The second-order valence-corrected chi connectivity index (χ2v) is 9.99. The molecule has 1 aromatic heterocycles. The molecule has 2 amide bonds. The summed E-state index contributed by atoms with van der Waals surface area (Å²) >= 11 is 0. The smallest absolute Gasteiger partial charge is 0.255 e. The lowest BCUT2D eigenvalue weighted by atomic mass is 9.93. The Kier molecular flexibility index (Phi) is 7.13. The summed E-state index contributed by atoms with van der Waals surface area (Å²) in [5.41, 5.74) is 3.94. The molecule has 202 valence electrons. The maximum atomic E-state index is 13.5. The van der Waals surface area contributed by atoms with E-state index in [1.54, 1.807) is 38.4 Å². The summed E-state index contributed by atoms with van der Waals surface area (Å²) in [5.74, 6) is 0.207. The average Bonchev–Trinajstić information content (AvgIpc) is 3.36. The van der Waals surface area contributed by atoms with Crippen molar-refractivity contribution < 1.29 is 23.1 Å². The Labute approximate surface area is 231 Å². The molecule has 5 rings (SSSR count). The van der Waals surface area contributed by atoms with E-state index in [0.717, 1.165) is 22.4 Å². The minimum atomic E-state index is -0.617. The summed E-state index contributed by atoms with van der Waals surface area (Å²) in [5, 5.41) is 6.41. The molecule has 1 heterocycles. The van der Waals surface area contributed by atoms with Crippen LogP contribution in [0.1, 0.15) is 40.1 Å².